The van der Waals surface area contributed by atoms with Crippen LogP contribution >= 0.6 is 0 Å². The second-order valence-electron chi connectivity index (χ2n) is 2.97. The summed E-state index contributed by atoms with van der Waals surface area (Å²) in [5.74, 6) is 0.704. The van der Waals surface area contributed by atoms with Gasteiger partial charge in [0.15, 0.2) is 12.0 Å². The summed E-state index contributed by atoms with van der Waals surface area (Å²) in [6, 6.07) is 10.4. The van der Waals surface area contributed by atoms with Crippen molar-refractivity contribution in [3.63, 3.8) is 0 Å². The molecule has 15 heavy (non-hydrogen) atoms. The van der Waals surface area contributed by atoms with Crippen molar-refractivity contribution in [2.45, 2.75) is 6.92 Å². The first-order valence-electron chi connectivity index (χ1n) is 4.46. The standard InChI is InChI=1S/C7H8O.C5H4O2/c1-6-2-4-7(8)5-3-6;6-4-5-2-1-3-7-5/h2-5,8H,1H3;1-4H. The van der Waals surface area contributed by atoms with Crippen molar-refractivity contribution in [1.29, 1.82) is 0 Å². The first kappa shape index (κ1) is 11.0. The van der Waals surface area contributed by atoms with Crippen LogP contribution in [-0.2, 0) is 0 Å². The van der Waals surface area contributed by atoms with Crippen LogP contribution in [0.3, 0.4) is 0 Å². The number of furan rings is 1. The van der Waals surface area contributed by atoms with E-state index in [1.807, 2.05) is 19.1 Å². The Hall–Kier alpha value is -2.03. The molecule has 1 heterocycles. The van der Waals surface area contributed by atoms with Crippen LogP contribution in [0.25, 0.3) is 0 Å². The predicted molar refractivity (Wildman–Crippen MR) is 56.9 cm³/mol. The molecule has 0 radical (unpaired) electrons. The highest BCUT2D eigenvalue weighted by Gasteiger charge is 1.84. The van der Waals surface area contributed by atoms with E-state index in [9.17, 15) is 4.79 Å². The van der Waals surface area contributed by atoms with Gasteiger partial charge in [-0.25, -0.2) is 0 Å². The van der Waals surface area contributed by atoms with Gasteiger partial charge in [-0.1, -0.05) is 17.7 Å². The first-order valence-corrected chi connectivity index (χ1v) is 4.46. The summed E-state index contributed by atoms with van der Waals surface area (Å²) in [6.07, 6.45) is 2.13. The van der Waals surface area contributed by atoms with Crippen molar-refractivity contribution in [2.75, 3.05) is 0 Å². The molecule has 0 spiro atoms. The van der Waals surface area contributed by atoms with E-state index in [0.29, 0.717) is 17.8 Å². The minimum absolute atomic E-state index is 0.329. The molecule has 0 amide bonds. The fourth-order valence-corrected chi connectivity index (χ4v) is 0.903. The van der Waals surface area contributed by atoms with Gasteiger partial charge in [0.05, 0.1) is 6.26 Å². The summed E-state index contributed by atoms with van der Waals surface area (Å²) in [4.78, 5) is 9.77. The van der Waals surface area contributed by atoms with Gasteiger partial charge >= 0.3 is 0 Å². The normalized spacial score (nSPS) is 8.87. The van der Waals surface area contributed by atoms with Crippen molar-refractivity contribution in [2.24, 2.45) is 0 Å². The van der Waals surface area contributed by atoms with Crippen molar-refractivity contribution in [3.8, 4) is 5.75 Å². The number of aromatic hydroxyl groups is 1. The minimum Gasteiger partial charge on any atom is -0.508 e. The van der Waals surface area contributed by atoms with E-state index in [4.69, 9.17) is 5.11 Å². The van der Waals surface area contributed by atoms with Crippen LogP contribution in [0.4, 0.5) is 0 Å². The van der Waals surface area contributed by atoms with Crippen molar-refractivity contribution in [3.05, 3.63) is 54.0 Å². The molecule has 0 aliphatic heterocycles. The predicted octanol–water partition coefficient (Wildman–Crippen LogP) is 2.79. The zero-order valence-electron chi connectivity index (χ0n) is 8.38. The van der Waals surface area contributed by atoms with Gasteiger partial charge in [-0.2, -0.15) is 0 Å². The number of carbonyl (C=O) groups excluding carboxylic acids is 1. The van der Waals surface area contributed by atoms with Crippen LogP contribution in [-0.4, -0.2) is 11.4 Å². The van der Waals surface area contributed by atoms with E-state index >= 15 is 0 Å². The molecule has 2 rings (SSSR count). The minimum atomic E-state index is 0.329. The van der Waals surface area contributed by atoms with E-state index in [1.165, 1.54) is 11.8 Å². The maximum atomic E-state index is 9.77. The molecule has 1 aromatic carbocycles. The molecule has 2 aromatic rings. The van der Waals surface area contributed by atoms with Crippen LogP contribution in [0, 0.1) is 6.92 Å². The van der Waals surface area contributed by atoms with Crippen LogP contribution in [0.2, 0.25) is 0 Å². The number of aryl methyl sites for hydroxylation is 1. The summed E-state index contributed by atoms with van der Waals surface area (Å²) in [6.45, 7) is 1.99. The zero-order chi connectivity index (χ0) is 11.1. The maximum absolute atomic E-state index is 9.77. The third-order valence-corrected chi connectivity index (χ3v) is 1.69. The molecule has 0 saturated carbocycles. The smallest absolute Gasteiger partial charge is 0.185 e. The highest BCUT2D eigenvalue weighted by atomic mass is 16.3. The Morgan fingerprint density at radius 1 is 1.20 bits per heavy atom. The van der Waals surface area contributed by atoms with E-state index < -0.39 is 0 Å². The lowest BCUT2D eigenvalue weighted by atomic mass is 10.2. The van der Waals surface area contributed by atoms with Crippen molar-refractivity contribution < 1.29 is 14.3 Å². The number of carbonyl (C=O) groups is 1. The molecule has 0 unspecified atom stereocenters. The molecule has 1 aromatic heterocycles. The molecule has 0 bridgehead atoms. The monoisotopic (exact) mass is 204 g/mol. The van der Waals surface area contributed by atoms with Gasteiger partial charge in [0.1, 0.15) is 5.75 Å². The summed E-state index contributed by atoms with van der Waals surface area (Å²) in [5, 5.41) is 8.76. The molecular formula is C12H12O3. The molecule has 0 atom stereocenters. The Morgan fingerprint density at radius 3 is 2.20 bits per heavy atom. The van der Waals surface area contributed by atoms with E-state index in [2.05, 4.69) is 4.42 Å². The average Bonchev–Trinajstić information content (AvgIpc) is 2.76. The van der Waals surface area contributed by atoms with Gasteiger partial charge in [0.2, 0.25) is 0 Å². The molecule has 0 saturated heterocycles. The molecule has 1 N–H and O–H groups in total. The lowest BCUT2D eigenvalue weighted by Gasteiger charge is -1.89. The molecule has 3 heteroatoms. The summed E-state index contributed by atoms with van der Waals surface area (Å²) in [7, 11) is 0. The Labute approximate surface area is 88.0 Å². The van der Waals surface area contributed by atoms with Gasteiger partial charge in [-0.05, 0) is 31.2 Å². The van der Waals surface area contributed by atoms with Gasteiger partial charge in [0, 0.05) is 0 Å². The number of hydrogen-bond donors (Lipinski definition) is 1. The largest absolute Gasteiger partial charge is 0.508 e. The maximum Gasteiger partial charge on any atom is 0.185 e. The topological polar surface area (TPSA) is 50.4 Å². The van der Waals surface area contributed by atoms with Gasteiger partial charge < -0.3 is 9.52 Å². The summed E-state index contributed by atoms with van der Waals surface area (Å²) < 4.78 is 4.61. The van der Waals surface area contributed by atoms with Gasteiger partial charge in [0.25, 0.3) is 0 Å². The number of aldehydes is 1. The highest BCUT2D eigenvalue weighted by molar-refractivity contribution is 5.69. The molecule has 0 aliphatic carbocycles. The summed E-state index contributed by atoms with van der Waals surface area (Å²) in [5.41, 5.74) is 1.17. The summed E-state index contributed by atoms with van der Waals surface area (Å²) >= 11 is 0. The second-order valence-corrected chi connectivity index (χ2v) is 2.97. The van der Waals surface area contributed by atoms with E-state index in [-0.39, 0.29) is 0 Å². The lowest BCUT2D eigenvalue weighted by Crippen LogP contribution is -1.66. The molecule has 3 nitrogen and oxygen atoms in total. The highest BCUT2D eigenvalue weighted by Crippen LogP contribution is 2.07. The Kier molecular flexibility index (Phi) is 4.16. The fourth-order valence-electron chi connectivity index (χ4n) is 0.903. The molecular weight excluding hydrogens is 192 g/mol. The van der Waals surface area contributed by atoms with Gasteiger partial charge in [-0.15, -0.1) is 0 Å². The van der Waals surface area contributed by atoms with Crippen LogP contribution < -0.4 is 0 Å². The number of benzene rings is 1. The number of phenols is 1. The average molecular weight is 204 g/mol. The van der Waals surface area contributed by atoms with Crippen molar-refractivity contribution >= 4 is 6.29 Å². The number of rotatable bonds is 1. The number of phenolic OH excluding ortho intramolecular Hbond substituents is 1. The van der Waals surface area contributed by atoms with Crippen LogP contribution in [0.5, 0.6) is 5.75 Å². The van der Waals surface area contributed by atoms with E-state index in [0.717, 1.165) is 0 Å². The third-order valence-electron chi connectivity index (χ3n) is 1.69. The van der Waals surface area contributed by atoms with Gasteiger partial charge in [-0.3, -0.25) is 4.79 Å². The molecule has 78 valence electrons. The molecule has 0 aliphatic rings. The first-order chi connectivity index (χ1) is 7.22. The Bertz CT molecular complexity index is 366. The Morgan fingerprint density at radius 2 is 1.87 bits per heavy atom. The fraction of sp³-hybridized carbons (Fsp3) is 0.0833. The molecule has 0 fully saturated rings. The third kappa shape index (κ3) is 4.13. The SMILES string of the molecule is Cc1ccc(O)cc1.O=Cc1ccco1. The zero-order valence-corrected chi connectivity index (χ0v) is 8.38. The lowest BCUT2D eigenvalue weighted by molar-refractivity contribution is 0.110. The number of hydrogen-bond acceptors (Lipinski definition) is 3. The quantitative estimate of drug-likeness (QED) is 0.726. The van der Waals surface area contributed by atoms with Crippen LogP contribution in [0.1, 0.15) is 16.1 Å². The van der Waals surface area contributed by atoms with Crippen LogP contribution in [0.15, 0.2) is 47.1 Å². The van der Waals surface area contributed by atoms with Crippen molar-refractivity contribution in [1.82, 2.24) is 0 Å². The Balaban J connectivity index is 0.000000151. The van der Waals surface area contributed by atoms with E-state index in [1.54, 1.807) is 24.3 Å². The second kappa shape index (κ2) is 5.65.